The standard InChI is InChI=1S/C7H8INO/c1-4-6(8)7(9-10-4)5-2-3-5/h5H,2-3H2,1H3. The fraction of sp³-hybridized carbons (Fsp3) is 0.571. The molecule has 1 saturated carbocycles. The Morgan fingerprint density at radius 1 is 1.60 bits per heavy atom. The van der Waals surface area contributed by atoms with E-state index in [1.54, 1.807) is 0 Å². The zero-order chi connectivity index (χ0) is 7.14. The topological polar surface area (TPSA) is 26.0 Å². The van der Waals surface area contributed by atoms with E-state index in [0.29, 0.717) is 5.92 Å². The molecule has 1 fully saturated rings. The molecule has 2 rings (SSSR count). The average molecular weight is 249 g/mol. The number of aryl methyl sites for hydroxylation is 1. The zero-order valence-electron chi connectivity index (χ0n) is 5.72. The van der Waals surface area contributed by atoms with E-state index in [4.69, 9.17) is 4.52 Å². The Hall–Kier alpha value is -0.0600. The van der Waals surface area contributed by atoms with Crippen molar-refractivity contribution in [2.24, 2.45) is 0 Å². The van der Waals surface area contributed by atoms with Crippen LogP contribution in [-0.4, -0.2) is 5.16 Å². The largest absolute Gasteiger partial charge is 0.360 e. The van der Waals surface area contributed by atoms with Gasteiger partial charge in [0.1, 0.15) is 11.5 Å². The second kappa shape index (κ2) is 2.22. The van der Waals surface area contributed by atoms with Gasteiger partial charge in [-0.1, -0.05) is 5.16 Å². The molecule has 1 aromatic rings. The van der Waals surface area contributed by atoms with E-state index >= 15 is 0 Å². The van der Waals surface area contributed by atoms with Gasteiger partial charge in [-0.05, 0) is 42.4 Å². The Balaban J connectivity index is 2.40. The Kier molecular flexibility index (Phi) is 1.47. The summed E-state index contributed by atoms with van der Waals surface area (Å²) in [6, 6.07) is 0. The Morgan fingerprint density at radius 2 is 2.30 bits per heavy atom. The second-order valence-corrected chi connectivity index (χ2v) is 3.79. The Bertz CT molecular complexity index is 252. The fourth-order valence-electron chi connectivity index (χ4n) is 0.989. The fourth-order valence-corrected chi connectivity index (χ4v) is 1.63. The number of halogens is 1. The van der Waals surface area contributed by atoms with Crippen LogP contribution in [-0.2, 0) is 0 Å². The minimum absolute atomic E-state index is 0.712. The van der Waals surface area contributed by atoms with Gasteiger partial charge in [-0.25, -0.2) is 0 Å². The number of nitrogens with zero attached hydrogens (tertiary/aromatic N) is 1. The van der Waals surface area contributed by atoms with E-state index < -0.39 is 0 Å². The highest BCUT2D eigenvalue weighted by atomic mass is 127. The third-order valence-corrected chi connectivity index (χ3v) is 3.09. The van der Waals surface area contributed by atoms with E-state index in [2.05, 4.69) is 27.7 Å². The molecule has 0 bridgehead atoms. The van der Waals surface area contributed by atoms with Crippen molar-refractivity contribution in [3.63, 3.8) is 0 Å². The quantitative estimate of drug-likeness (QED) is 0.714. The molecule has 10 heavy (non-hydrogen) atoms. The summed E-state index contributed by atoms with van der Waals surface area (Å²) in [6.07, 6.45) is 2.59. The summed E-state index contributed by atoms with van der Waals surface area (Å²) in [7, 11) is 0. The Morgan fingerprint density at radius 3 is 2.70 bits per heavy atom. The van der Waals surface area contributed by atoms with Gasteiger partial charge in [0.25, 0.3) is 0 Å². The minimum atomic E-state index is 0.712. The highest BCUT2D eigenvalue weighted by molar-refractivity contribution is 14.1. The van der Waals surface area contributed by atoms with Crippen LogP contribution in [0.25, 0.3) is 0 Å². The summed E-state index contributed by atoms with van der Waals surface area (Å²) >= 11 is 2.30. The molecule has 2 nitrogen and oxygen atoms in total. The summed E-state index contributed by atoms with van der Waals surface area (Å²) in [5, 5.41) is 3.99. The lowest BCUT2D eigenvalue weighted by atomic mass is 10.3. The summed E-state index contributed by atoms with van der Waals surface area (Å²) < 4.78 is 6.26. The van der Waals surface area contributed by atoms with Crippen molar-refractivity contribution < 1.29 is 4.52 Å². The molecule has 0 aromatic carbocycles. The molecule has 0 radical (unpaired) electrons. The van der Waals surface area contributed by atoms with Crippen molar-refractivity contribution in [3.05, 3.63) is 15.0 Å². The van der Waals surface area contributed by atoms with Crippen molar-refractivity contribution in [2.45, 2.75) is 25.7 Å². The average Bonchev–Trinajstić information content (AvgIpc) is 2.67. The third kappa shape index (κ3) is 0.962. The van der Waals surface area contributed by atoms with Crippen LogP contribution < -0.4 is 0 Å². The minimum Gasteiger partial charge on any atom is -0.360 e. The molecule has 1 aliphatic carbocycles. The van der Waals surface area contributed by atoms with Crippen molar-refractivity contribution in [2.75, 3.05) is 0 Å². The van der Waals surface area contributed by atoms with Gasteiger partial charge in [-0.2, -0.15) is 0 Å². The lowest BCUT2D eigenvalue weighted by molar-refractivity contribution is 0.390. The molecular weight excluding hydrogens is 241 g/mol. The maximum atomic E-state index is 5.04. The zero-order valence-corrected chi connectivity index (χ0v) is 7.88. The van der Waals surface area contributed by atoms with Crippen molar-refractivity contribution in [1.82, 2.24) is 5.16 Å². The molecule has 3 heteroatoms. The molecule has 0 aliphatic heterocycles. The van der Waals surface area contributed by atoms with Gasteiger partial charge in [0.15, 0.2) is 0 Å². The van der Waals surface area contributed by atoms with Crippen LogP contribution in [0, 0.1) is 10.5 Å². The summed E-state index contributed by atoms with van der Waals surface area (Å²) in [6.45, 7) is 1.96. The van der Waals surface area contributed by atoms with Crippen LogP contribution in [0.15, 0.2) is 4.52 Å². The molecule has 0 unspecified atom stereocenters. The molecule has 1 aromatic heterocycles. The smallest absolute Gasteiger partial charge is 0.147 e. The maximum Gasteiger partial charge on any atom is 0.147 e. The molecule has 0 atom stereocenters. The van der Waals surface area contributed by atoms with Gasteiger partial charge in [0.05, 0.1) is 3.57 Å². The van der Waals surface area contributed by atoms with Crippen LogP contribution in [0.1, 0.15) is 30.2 Å². The number of aromatic nitrogens is 1. The predicted molar refractivity (Wildman–Crippen MR) is 45.9 cm³/mol. The molecule has 0 saturated heterocycles. The second-order valence-electron chi connectivity index (χ2n) is 2.71. The number of hydrogen-bond donors (Lipinski definition) is 0. The van der Waals surface area contributed by atoms with Gasteiger partial charge in [0.2, 0.25) is 0 Å². The van der Waals surface area contributed by atoms with Crippen LogP contribution in [0.2, 0.25) is 0 Å². The van der Waals surface area contributed by atoms with Gasteiger partial charge in [0, 0.05) is 5.92 Å². The van der Waals surface area contributed by atoms with Crippen LogP contribution in [0.4, 0.5) is 0 Å². The highest BCUT2D eigenvalue weighted by Crippen LogP contribution is 2.41. The molecule has 54 valence electrons. The van der Waals surface area contributed by atoms with E-state index in [1.165, 1.54) is 22.1 Å². The van der Waals surface area contributed by atoms with Gasteiger partial charge >= 0.3 is 0 Å². The van der Waals surface area contributed by atoms with Gasteiger partial charge in [-0.15, -0.1) is 0 Å². The first kappa shape index (κ1) is 6.64. The van der Waals surface area contributed by atoms with Crippen molar-refractivity contribution >= 4 is 22.6 Å². The summed E-state index contributed by atoms with van der Waals surface area (Å²) in [4.78, 5) is 0. The van der Waals surface area contributed by atoms with Gasteiger partial charge < -0.3 is 4.52 Å². The third-order valence-electron chi connectivity index (χ3n) is 1.78. The van der Waals surface area contributed by atoms with Crippen molar-refractivity contribution in [1.29, 1.82) is 0 Å². The summed E-state index contributed by atoms with van der Waals surface area (Å²) in [5.74, 6) is 1.67. The molecule has 0 amide bonds. The van der Waals surface area contributed by atoms with Crippen LogP contribution in [0.3, 0.4) is 0 Å². The Labute approximate surface area is 73.1 Å². The molecule has 1 aliphatic rings. The maximum absolute atomic E-state index is 5.04. The predicted octanol–water partition coefficient (Wildman–Crippen LogP) is 2.47. The van der Waals surface area contributed by atoms with Crippen LogP contribution in [0.5, 0.6) is 0 Å². The number of rotatable bonds is 1. The van der Waals surface area contributed by atoms with Crippen molar-refractivity contribution in [3.8, 4) is 0 Å². The molecule has 0 spiro atoms. The van der Waals surface area contributed by atoms with E-state index in [1.807, 2.05) is 6.92 Å². The van der Waals surface area contributed by atoms with E-state index in [0.717, 1.165) is 5.76 Å². The highest BCUT2D eigenvalue weighted by Gasteiger charge is 2.29. The number of hydrogen-bond acceptors (Lipinski definition) is 2. The normalized spacial score (nSPS) is 17.8. The first-order valence-corrected chi connectivity index (χ1v) is 4.48. The lowest BCUT2D eigenvalue weighted by Gasteiger charge is -1.86. The SMILES string of the molecule is Cc1onc(C2CC2)c1I. The molecule has 0 N–H and O–H groups in total. The first-order chi connectivity index (χ1) is 4.79. The van der Waals surface area contributed by atoms with E-state index in [-0.39, 0.29) is 0 Å². The van der Waals surface area contributed by atoms with Gasteiger partial charge in [-0.3, -0.25) is 0 Å². The monoisotopic (exact) mass is 249 g/mol. The first-order valence-electron chi connectivity index (χ1n) is 3.40. The lowest BCUT2D eigenvalue weighted by Crippen LogP contribution is -1.81. The molecular formula is C7H8INO. The summed E-state index contributed by atoms with van der Waals surface area (Å²) in [5.41, 5.74) is 1.18. The van der Waals surface area contributed by atoms with Crippen LogP contribution >= 0.6 is 22.6 Å². The molecule has 1 heterocycles. The van der Waals surface area contributed by atoms with E-state index in [9.17, 15) is 0 Å².